The van der Waals surface area contributed by atoms with Gasteiger partial charge in [0.2, 0.25) is 0 Å². The fourth-order valence-corrected chi connectivity index (χ4v) is 4.07. The summed E-state index contributed by atoms with van der Waals surface area (Å²) in [6.45, 7) is 1.89. The summed E-state index contributed by atoms with van der Waals surface area (Å²) in [7, 11) is 0. The van der Waals surface area contributed by atoms with Crippen LogP contribution >= 0.6 is 0 Å². The molecule has 0 radical (unpaired) electrons. The number of carbonyl (C=O) groups is 1. The van der Waals surface area contributed by atoms with Crippen molar-refractivity contribution >= 4 is 17.5 Å². The number of carboxylic acids is 1. The van der Waals surface area contributed by atoms with Crippen LogP contribution in [0.2, 0.25) is 0 Å². The Hall–Kier alpha value is -3.61. The van der Waals surface area contributed by atoms with Crippen LogP contribution in [0.25, 0.3) is 0 Å². The zero-order valence-electron chi connectivity index (χ0n) is 16.8. The fraction of sp³-hybridized carbons (Fsp3) is 0.250. The van der Waals surface area contributed by atoms with Crippen molar-refractivity contribution in [2.45, 2.75) is 24.9 Å². The van der Waals surface area contributed by atoms with Crippen LogP contribution < -0.4 is 15.0 Å². The summed E-state index contributed by atoms with van der Waals surface area (Å²) in [6, 6.07) is 15.4. The van der Waals surface area contributed by atoms with Crippen LogP contribution in [-0.4, -0.2) is 29.2 Å². The molecule has 1 aliphatic heterocycles. The molecule has 0 spiro atoms. The average molecular weight is 419 g/mol. The van der Waals surface area contributed by atoms with Crippen molar-refractivity contribution in [2.75, 3.05) is 23.4 Å². The van der Waals surface area contributed by atoms with E-state index >= 15 is 0 Å². The van der Waals surface area contributed by atoms with E-state index in [1.54, 1.807) is 30.5 Å². The molecular formula is C24H22FN3O3. The normalized spacial score (nSPS) is 16.2. The molecule has 7 heteroatoms. The standard InChI is InChI=1S/C24H22FN3O3/c25-19-7-1-16(2-8-19)15-28-13-14-31-20-9-12-26-22(21(20)28)27-24(10-11-24)18-5-3-17(4-6-18)23(29)30/h1-9,12H,10-11,13-15H2,(H,26,27)(H,29,30). The van der Waals surface area contributed by atoms with Crippen LogP contribution in [0.15, 0.2) is 60.8 Å². The molecule has 158 valence electrons. The number of hydrogen-bond acceptors (Lipinski definition) is 5. The topological polar surface area (TPSA) is 74.7 Å². The van der Waals surface area contributed by atoms with E-state index in [2.05, 4.69) is 15.2 Å². The first-order valence-electron chi connectivity index (χ1n) is 10.3. The molecule has 1 aliphatic carbocycles. The number of pyridine rings is 1. The van der Waals surface area contributed by atoms with Crippen LogP contribution in [0.5, 0.6) is 5.75 Å². The van der Waals surface area contributed by atoms with Gasteiger partial charge < -0.3 is 20.1 Å². The second-order valence-corrected chi connectivity index (χ2v) is 7.99. The lowest BCUT2D eigenvalue weighted by molar-refractivity contribution is 0.0697. The molecule has 6 nitrogen and oxygen atoms in total. The quantitative estimate of drug-likeness (QED) is 0.616. The van der Waals surface area contributed by atoms with Crippen molar-refractivity contribution in [3.8, 4) is 5.75 Å². The minimum atomic E-state index is -0.934. The number of anilines is 2. The van der Waals surface area contributed by atoms with Crippen LogP contribution in [-0.2, 0) is 12.1 Å². The highest BCUT2D eigenvalue weighted by Crippen LogP contribution is 2.50. The third kappa shape index (κ3) is 3.79. The summed E-state index contributed by atoms with van der Waals surface area (Å²) in [4.78, 5) is 18.0. The molecule has 2 N–H and O–H groups in total. The number of fused-ring (bicyclic) bond motifs is 1. The van der Waals surface area contributed by atoms with Gasteiger partial charge in [-0.2, -0.15) is 0 Å². The van der Waals surface area contributed by atoms with Crippen LogP contribution in [0, 0.1) is 5.82 Å². The summed E-state index contributed by atoms with van der Waals surface area (Å²) in [5, 5.41) is 12.8. The minimum absolute atomic E-state index is 0.250. The van der Waals surface area contributed by atoms with Gasteiger partial charge in [0.1, 0.15) is 23.9 Å². The number of nitrogens with one attached hydrogen (secondary N) is 1. The second kappa shape index (κ2) is 7.58. The Kier molecular flexibility index (Phi) is 4.73. The predicted octanol–water partition coefficient (Wildman–Crippen LogP) is 4.42. The van der Waals surface area contributed by atoms with Gasteiger partial charge in [0.05, 0.1) is 17.6 Å². The number of hydrogen-bond donors (Lipinski definition) is 2. The molecule has 0 amide bonds. The van der Waals surface area contributed by atoms with E-state index < -0.39 is 5.97 Å². The first-order chi connectivity index (χ1) is 15.0. The highest BCUT2D eigenvalue weighted by molar-refractivity contribution is 5.87. The Bertz CT molecular complexity index is 1110. The van der Waals surface area contributed by atoms with Crippen LogP contribution in [0.4, 0.5) is 15.9 Å². The first kappa shape index (κ1) is 19.4. The first-order valence-corrected chi connectivity index (χ1v) is 10.3. The average Bonchev–Trinajstić information content (AvgIpc) is 3.56. The Morgan fingerprint density at radius 2 is 1.87 bits per heavy atom. The molecule has 1 aromatic heterocycles. The largest absolute Gasteiger partial charge is 0.489 e. The highest BCUT2D eigenvalue weighted by Gasteiger charge is 2.45. The van der Waals surface area contributed by atoms with Crippen molar-refractivity contribution in [2.24, 2.45) is 0 Å². The molecular weight excluding hydrogens is 397 g/mol. The zero-order valence-corrected chi connectivity index (χ0v) is 16.8. The maximum absolute atomic E-state index is 13.3. The number of rotatable bonds is 6. The van der Waals surface area contributed by atoms with Gasteiger partial charge in [-0.05, 0) is 48.2 Å². The number of aromatic nitrogens is 1. The molecule has 1 saturated carbocycles. The van der Waals surface area contributed by atoms with Gasteiger partial charge in [-0.3, -0.25) is 0 Å². The molecule has 0 unspecified atom stereocenters. The van der Waals surface area contributed by atoms with Gasteiger partial charge in [-0.15, -0.1) is 0 Å². The molecule has 2 aromatic carbocycles. The van der Waals surface area contributed by atoms with E-state index in [0.717, 1.165) is 41.2 Å². The van der Waals surface area contributed by atoms with Crippen molar-refractivity contribution in [3.63, 3.8) is 0 Å². The van der Waals surface area contributed by atoms with Crippen molar-refractivity contribution < 1.29 is 19.0 Å². The Balaban J connectivity index is 1.44. The van der Waals surface area contributed by atoms with E-state index in [4.69, 9.17) is 9.84 Å². The molecule has 0 saturated heterocycles. The minimum Gasteiger partial charge on any atom is -0.489 e. The Morgan fingerprint density at radius 3 is 2.55 bits per heavy atom. The molecule has 2 aliphatic rings. The van der Waals surface area contributed by atoms with E-state index in [0.29, 0.717) is 19.7 Å². The summed E-state index contributed by atoms with van der Waals surface area (Å²) in [6.07, 6.45) is 3.60. The molecule has 5 rings (SSSR count). The highest BCUT2D eigenvalue weighted by atomic mass is 19.1. The van der Waals surface area contributed by atoms with Crippen LogP contribution in [0.1, 0.15) is 34.3 Å². The van der Waals surface area contributed by atoms with Crippen molar-refractivity contribution in [1.29, 1.82) is 0 Å². The molecule has 0 bridgehead atoms. The monoisotopic (exact) mass is 419 g/mol. The smallest absolute Gasteiger partial charge is 0.335 e. The molecule has 31 heavy (non-hydrogen) atoms. The SMILES string of the molecule is O=C(O)c1ccc(C2(Nc3nccc4c3N(Cc3ccc(F)cc3)CCO4)CC2)cc1. The summed E-state index contributed by atoms with van der Waals surface area (Å²) in [5.41, 5.74) is 2.95. The molecule has 0 atom stereocenters. The summed E-state index contributed by atoms with van der Waals surface area (Å²) in [5.74, 6) is 0.318. The van der Waals surface area contributed by atoms with Gasteiger partial charge in [-0.25, -0.2) is 14.2 Å². The third-order valence-electron chi connectivity index (χ3n) is 5.90. The van der Waals surface area contributed by atoms with Crippen molar-refractivity contribution in [3.05, 3.63) is 83.3 Å². The summed E-state index contributed by atoms with van der Waals surface area (Å²) >= 11 is 0. The molecule has 3 aromatic rings. The second-order valence-electron chi connectivity index (χ2n) is 7.99. The van der Waals surface area contributed by atoms with Gasteiger partial charge in [0.15, 0.2) is 5.82 Å². The van der Waals surface area contributed by atoms with Gasteiger partial charge in [0, 0.05) is 18.8 Å². The van der Waals surface area contributed by atoms with Crippen molar-refractivity contribution in [1.82, 2.24) is 4.98 Å². The zero-order chi connectivity index (χ0) is 21.4. The maximum Gasteiger partial charge on any atom is 0.335 e. The van der Waals surface area contributed by atoms with E-state index in [1.165, 1.54) is 12.1 Å². The number of nitrogens with zero attached hydrogens (tertiary/aromatic N) is 2. The summed E-state index contributed by atoms with van der Waals surface area (Å²) < 4.78 is 19.2. The van der Waals surface area contributed by atoms with Gasteiger partial charge in [0.25, 0.3) is 0 Å². The maximum atomic E-state index is 13.3. The van der Waals surface area contributed by atoms with E-state index in [1.807, 2.05) is 18.2 Å². The van der Waals surface area contributed by atoms with E-state index in [-0.39, 0.29) is 16.9 Å². The predicted molar refractivity (Wildman–Crippen MR) is 115 cm³/mol. The number of ether oxygens (including phenoxy) is 1. The molecule has 2 heterocycles. The number of aromatic carboxylic acids is 1. The van der Waals surface area contributed by atoms with Crippen LogP contribution in [0.3, 0.4) is 0 Å². The Morgan fingerprint density at radius 1 is 1.13 bits per heavy atom. The lowest BCUT2D eigenvalue weighted by atomic mass is 10.0. The lowest BCUT2D eigenvalue weighted by Crippen LogP contribution is -2.34. The van der Waals surface area contributed by atoms with Gasteiger partial charge >= 0.3 is 5.97 Å². The van der Waals surface area contributed by atoms with Gasteiger partial charge in [-0.1, -0.05) is 24.3 Å². The Labute approximate surface area is 179 Å². The number of carboxylic acid groups (broad SMARTS) is 1. The molecule has 1 fully saturated rings. The lowest BCUT2D eigenvalue weighted by Gasteiger charge is -2.33. The van der Waals surface area contributed by atoms with E-state index in [9.17, 15) is 9.18 Å². The third-order valence-corrected chi connectivity index (χ3v) is 5.90. The number of halogens is 1. The fourth-order valence-electron chi connectivity index (χ4n) is 4.07. The number of benzene rings is 2.